The molecule has 0 aliphatic carbocycles. The smallest absolute Gasteiger partial charge is 0.388 e. The SMILES string of the molecule is CCCCCCC=CCCCCCCCCC[C@@H](O)N[C@H]1[C@H](OC[C@H]2O[C@H](OP(=O)(O)O)[C@H](NC(=O)CC(=O)CCCCCCCCCCC)[C@@H](OCCCCCCCCCC)[C@@H]2O)O[C@H](COC)[C@@H](OP(=O)(O)O)[C@@H]1OCCC(CCCCCCC)OC. The Morgan fingerprint density at radius 2 is 0.978 bits per heavy atom. The van der Waals surface area contributed by atoms with Gasteiger partial charge in [-0.2, -0.15) is 0 Å². The molecule has 526 valence electrons. The maximum Gasteiger partial charge on any atom is 0.472 e. The van der Waals surface area contributed by atoms with E-state index in [1.54, 1.807) is 7.11 Å². The van der Waals surface area contributed by atoms with E-state index in [1.807, 2.05) is 0 Å². The number of allylic oxidation sites excluding steroid dienone is 2. The number of aliphatic hydroxyl groups is 2. The van der Waals surface area contributed by atoms with E-state index in [9.17, 15) is 48.5 Å². The Balaban J connectivity index is 2.45. The number of nitrogens with one attached hydrogen (secondary N) is 2. The Hall–Kier alpha value is -1.30. The van der Waals surface area contributed by atoms with Gasteiger partial charge in [0, 0.05) is 33.9 Å². The highest BCUT2D eigenvalue weighted by Crippen LogP contribution is 2.44. The van der Waals surface area contributed by atoms with Gasteiger partial charge in [0.25, 0.3) is 0 Å². The fraction of sp³-hybridized carbons (Fsp3) is 0.939. The number of aliphatic hydroxyl groups excluding tert-OH is 2. The Morgan fingerprint density at radius 1 is 0.506 bits per heavy atom. The van der Waals surface area contributed by atoms with Gasteiger partial charge in [-0.25, -0.2) is 9.13 Å². The van der Waals surface area contributed by atoms with Crippen LogP contribution in [0.15, 0.2) is 12.2 Å². The largest absolute Gasteiger partial charge is 0.472 e. The molecule has 8 N–H and O–H groups in total. The van der Waals surface area contributed by atoms with Crippen LogP contribution >= 0.6 is 15.6 Å². The van der Waals surface area contributed by atoms with Crippen molar-refractivity contribution in [3.05, 3.63) is 12.2 Å². The van der Waals surface area contributed by atoms with Crippen molar-refractivity contribution < 1.29 is 90.7 Å². The van der Waals surface area contributed by atoms with Crippen LogP contribution in [0.25, 0.3) is 0 Å². The van der Waals surface area contributed by atoms with Crippen molar-refractivity contribution in [2.45, 2.75) is 358 Å². The van der Waals surface area contributed by atoms with E-state index in [-0.39, 0.29) is 44.5 Å². The highest BCUT2D eigenvalue weighted by atomic mass is 31.2. The molecule has 2 saturated heterocycles. The van der Waals surface area contributed by atoms with Crippen molar-refractivity contribution in [3.63, 3.8) is 0 Å². The second-order valence-electron chi connectivity index (χ2n) is 25.0. The summed E-state index contributed by atoms with van der Waals surface area (Å²) in [6.45, 7) is 8.02. The lowest BCUT2D eigenvalue weighted by atomic mass is 9.95. The molecule has 0 radical (unpaired) electrons. The number of unbranched alkanes of at least 4 members (excludes halogenated alkanes) is 30. The maximum absolute atomic E-state index is 13.7. The summed E-state index contributed by atoms with van der Waals surface area (Å²) in [7, 11) is -7.63. The molecule has 0 bridgehead atoms. The summed E-state index contributed by atoms with van der Waals surface area (Å²) in [6, 6.07) is -2.72. The zero-order valence-electron chi connectivity index (χ0n) is 56.1. The number of methoxy groups -OCH3 is 2. The number of carbonyl (C=O) groups excluding carboxylic acids is 2. The molecule has 21 nitrogen and oxygen atoms in total. The average Bonchev–Trinajstić information content (AvgIpc) is 0.966. The summed E-state index contributed by atoms with van der Waals surface area (Å²) in [5.41, 5.74) is 0. The molecule has 23 heteroatoms. The fourth-order valence-corrected chi connectivity index (χ4v) is 12.8. The summed E-state index contributed by atoms with van der Waals surface area (Å²) in [4.78, 5) is 68.1. The molecule has 0 aromatic rings. The second-order valence-corrected chi connectivity index (χ2v) is 27.4. The van der Waals surface area contributed by atoms with Gasteiger partial charge in [0.1, 0.15) is 54.7 Å². The van der Waals surface area contributed by atoms with E-state index in [1.165, 1.54) is 58.5 Å². The lowest BCUT2D eigenvalue weighted by Crippen LogP contribution is -2.68. The first-order chi connectivity index (χ1) is 42.9. The first kappa shape index (κ1) is 83.8. The summed E-state index contributed by atoms with van der Waals surface area (Å²) in [5.74, 6) is -1.08. The van der Waals surface area contributed by atoms with Crippen LogP contribution in [0.3, 0.4) is 0 Å². The zero-order chi connectivity index (χ0) is 65.4. The van der Waals surface area contributed by atoms with Crippen molar-refractivity contribution >= 4 is 27.3 Å². The number of Topliss-reactive ketones (excluding diaryl/α,β-unsaturated/α-hetero) is 1. The Labute approximate surface area is 537 Å². The van der Waals surface area contributed by atoms with E-state index in [0.717, 1.165) is 161 Å². The molecule has 1 unspecified atom stereocenters. The van der Waals surface area contributed by atoms with Gasteiger partial charge in [-0.1, -0.05) is 220 Å². The van der Waals surface area contributed by atoms with E-state index in [0.29, 0.717) is 25.7 Å². The minimum absolute atomic E-state index is 0.0386. The van der Waals surface area contributed by atoms with Gasteiger partial charge in [-0.15, -0.1) is 0 Å². The number of ether oxygens (including phenoxy) is 7. The molecule has 1 amide bonds. The van der Waals surface area contributed by atoms with Gasteiger partial charge in [-0.05, 0) is 64.2 Å². The van der Waals surface area contributed by atoms with Gasteiger partial charge < -0.3 is 68.3 Å². The Kier molecular flexibility index (Phi) is 49.8. The molecular formula is C66H128N2O19P2. The molecule has 0 aromatic carbocycles. The van der Waals surface area contributed by atoms with Crippen molar-refractivity contribution in [1.82, 2.24) is 10.6 Å². The molecule has 2 fully saturated rings. The second kappa shape index (κ2) is 52.9. The van der Waals surface area contributed by atoms with Crippen LogP contribution in [0.2, 0.25) is 0 Å². The monoisotopic (exact) mass is 1310 g/mol. The minimum Gasteiger partial charge on any atom is -0.388 e. The molecule has 2 heterocycles. The third-order valence-corrected chi connectivity index (χ3v) is 18.0. The highest BCUT2D eigenvalue weighted by Gasteiger charge is 2.53. The van der Waals surface area contributed by atoms with Crippen molar-refractivity contribution in [2.24, 2.45) is 0 Å². The van der Waals surface area contributed by atoms with Crippen LogP contribution in [0.4, 0.5) is 0 Å². The predicted octanol–water partition coefficient (Wildman–Crippen LogP) is 13.4. The van der Waals surface area contributed by atoms with E-state index in [2.05, 4.69) is 50.5 Å². The first-order valence-corrected chi connectivity index (χ1v) is 38.2. The first-order valence-electron chi connectivity index (χ1n) is 35.1. The van der Waals surface area contributed by atoms with Gasteiger partial charge in [0.2, 0.25) is 5.91 Å². The number of hydrogen-bond donors (Lipinski definition) is 8. The molecule has 0 spiro atoms. The number of rotatable bonds is 60. The van der Waals surface area contributed by atoms with Gasteiger partial charge in [0.15, 0.2) is 12.6 Å². The minimum atomic E-state index is -5.38. The quantitative estimate of drug-likeness (QED) is 0.00923. The zero-order valence-corrected chi connectivity index (χ0v) is 57.9. The third kappa shape index (κ3) is 41.3. The molecule has 2 aliphatic heterocycles. The molecule has 2 aliphatic rings. The van der Waals surface area contributed by atoms with Crippen molar-refractivity contribution in [3.8, 4) is 0 Å². The summed E-state index contributed by atoms with van der Waals surface area (Å²) in [5, 5.41) is 29.9. The van der Waals surface area contributed by atoms with Crippen LogP contribution in [-0.4, -0.2) is 156 Å². The number of amides is 1. The summed E-state index contributed by atoms with van der Waals surface area (Å²) < 4.78 is 79.5. The normalized spacial score (nSPS) is 23.3. The Morgan fingerprint density at radius 3 is 1.51 bits per heavy atom. The van der Waals surface area contributed by atoms with E-state index in [4.69, 9.17) is 42.2 Å². The molecule has 2 rings (SSSR count). The number of carbonyl (C=O) groups is 2. The van der Waals surface area contributed by atoms with Crippen molar-refractivity contribution in [1.29, 1.82) is 0 Å². The summed E-state index contributed by atoms with van der Waals surface area (Å²) >= 11 is 0. The van der Waals surface area contributed by atoms with Crippen LogP contribution in [0.5, 0.6) is 0 Å². The third-order valence-electron chi connectivity index (χ3n) is 17.0. The van der Waals surface area contributed by atoms with Crippen molar-refractivity contribution in [2.75, 3.05) is 40.6 Å². The highest BCUT2D eigenvalue weighted by molar-refractivity contribution is 7.46. The maximum atomic E-state index is 13.7. The van der Waals surface area contributed by atoms with Crippen LogP contribution in [0, 0.1) is 0 Å². The lowest BCUT2D eigenvalue weighted by molar-refractivity contribution is -0.303. The number of phosphoric ester groups is 2. The topological polar surface area (TPSA) is 297 Å². The van der Waals surface area contributed by atoms with E-state index >= 15 is 0 Å². The molecular weight excluding hydrogens is 1190 g/mol. The molecule has 89 heavy (non-hydrogen) atoms. The number of phosphoric acid groups is 2. The van der Waals surface area contributed by atoms with E-state index < -0.39 is 102 Å². The molecule has 12 atom stereocenters. The lowest BCUT2D eigenvalue weighted by Gasteiger charge is -2.48. The number of ketones is 1. The Bertz CT molecular complexity index is 1850. The summed E-state index contributed by atoms with van der Waals surface area (Å²) in [6.07, 6.45) is 29.3. The van der Waals surface area contributed by atoms with Gasteiger partial charge in [0.05, 0.1) is 31.8 Å². The fourth-order valence-electron chi connectivity index (χ4n) is 11.8. The predicted molar refractivity (Wildman–Crippen MR) is 348 cm³/mol. The molecule has 0 saturated carbocycles. The number of hydrogen-bond acceptors (Lipinski definition) is 16. The van der Waals surface area contributed by atoms with Crippen LogP contribution in [0.1, 0.15) is 285 Å². The standard InChI is InChI=1S/C66H128N2O19P2/c1-7-11-15-19-22-25-26-27-28-29-30-32-34-38-42-46-57(70)67-60-64(82-49-47-54(80-6)45-41-36-18-14-10-4)62(86-88(73,74)75)56(51-79-5)85-65(60)83-52-55-61(72)63(81-48-43-39-35-24-21-17-13-9-3)59(66(84-55)87-89(76,77)78)68-58(71)50-53(69)44-40-37-33-31-23-20-16-12-8-2/h25-26,54-57,59-67,70,72H,7-24,27-52H2,1-6H3,(H,68,71)(H2,73,74,75)(H2,76,77,78)/t54?,55-,56-,57-,59-,60-,61-,62-,63-,64-,65-,66-/m1/s1. The average molecular weight is 1320 g/mol. The van der Waals surface area contributed by atoms with Crippen LogP contribution < -0.4 is 10.6 Å². The van der Waals surface area contributed by atoms with Crippen LogP contribution in [-0.2, 0) is 60.9 Å². The van der Waals surface area contributed by atoms with Gasteiger partial charge >= 0.3 is 15.6 Å². The van der Waals surface area contributed by atoms with Gasteiger partial charge in [-0.3, -0.25) is 24.0 Å². The molecule has 0 aromatic heterocycles.